The number of aliphatic carboxylic acids is 1. The molecule has 3 N–H and O–H groups in total. The number of aliphatic hydroxyl groups excluding tert-OH is 1. The van der Waals surface area contributed by atoms with Crippen molar-refractivity contribution >= 4 is 28.2 Å². The van der Waals surface area contributed by atoms with Crippen molar-refractivity contribution in [2.75, 3.05) is 11.9 Å². The highest BCUT2D eigenvalue weighted by molar-refractivity contribution is 5.94. The summed E-state index contributed by atoms with van der Waals surface area (Å²) in [6.45, 7) is -0.597. The van der Waals surface area contributed by atoms with Crippen LogP contribution in [0.25, 0.3) is 10.8 Å². The van der Waals surface area contributed by atoms with E-state index in [9.17, 15) is 14.9 Å². The molecule has 8 nitrogen and oxygen atoms in total. The Kier molecular flexibility index (Phi) is 3.76. The maximum Gasteiger partial charge on any atom is 0.328 e. The Morgan fingerprint density at radius 3 is 2.80 bits per heavy atom. The van der Waals surface area contributed by atoms with E-state index in [0.717, 1.165) is 0 Å². The van der Waals surface area contributed by atoms with Gasteiger partial charge in [0, 0.05) is 23.7 Å². The van der Waals surface area contributed by atoms with Crippen LogP contribution in [0.15, 0.2) is 30.5 Å². The number of nitrogens with zero attached hydrogens (tertiary/aromatic N) is 2. The smallest absolute Gasteiger partial charge is 0.328 e. The maximum atomic E-state index is 10.9. The van der Waals surface area contributed by atoms with E-state index in [0.29, 0.717) is 10.8 Å². The minimum atomic E-state index is -1.21. The van der Waals surface area contributed by atoms with E-state index in [4.69, 9.17) is 10.2 Å². The number of nitrogens with one attached hydrogen (secondary N) is 1. The second kappa shape index (κ2) is 5.49. The zero-order valence-corrected chi connectivity index (χ0v) is 10.2. The predicted molar refractivity (Wildman–Crippen MR) is 70.5 cm³/mol. The third-order valence-electron chi connectivity index (χ3n) is 2.75. The average molecular weight is 277 g/mol. The number of rotatable bonds is 5. The second-order valence-corrected chi connectivity index (χ2v) is 4.04. The number of anilines is 1. The Balaban J connectivity index is 2.44. The Labute approximate surface area is 112 Å². The van der Waals surface area contributed by atoms with Crippen LogP contribution in [0.4, 0.5) is 11.5 Å². The van der Waals surface area contributed by atoms with Gasteiger partial charge in [-0.05, 0) is 17.5 Å². The first-order valence-corrected chi connectivity index (χ1v) is 5.66. The lowest BCUT2D eigenvalue weighted by Gasteiger charge is -2.13. The highest BCUT2D eigenvalue weighted by Gasteiger charge is 2.18. The van der Waals surface area contributed by atoms with Gasteiger partial charge in [0.1, 0.15) is 11.9 Å². The molecule has 0 saturated carbocycles. The number of carboxylic acids is 1. The van der Waals surface area contributed by atoms with Gasteiger partial charge >= 0.3 is 5.97 Å². The average Bonchev–Trinajstić information content (AvgIpc) is 2.43. The summed E-state index contributed by atoms with van der Waals surface area (Å²) in [6.07, 6.45) is 1.41. The number of nitro benzene ring substituents is 1. The van der Waals surface area contributed by atoms with Crippen molar-refractivity contribution in [2.45, 2.75) is 6.04 Å². The first kappa shape index (κ1) is 13.7. The highest BCUT2D eigenvalue weighted by Crippen LogP contribution is 2.25. The van der Waals surface area contributed by atoms with E-state index in [-0.39, 0.29) is 11.5 Å². The molecule has 2 aromatic rings. The SMILES string of the molecule is O=C(O)C(CO)Nc1nccc2cc([N+](=O)[O-])ccc12. The van der Waals surface area contributed by atoms with Gasteiger partial charge in [-0.2, -0.15) is 0 Å². The summed E-state index contributed by atoms with van der Waals surface area (Å²) >= 11 is 0. The van der Waals surface area contributed by atoms with Crippen LogP contribution in [0.5, 0.6) is 0 Å². The van der Waals surface area contributed by atoms with Gasteiger partial charge in [0.2, 0.25) is 0 Å². The van der Waals surface area contributed by atoms with Crippen molar-refractivity contribution < 1.29 is 19.9 Å². The monoisotopic (exact) mass is 277 g/mol. The molecule has 0 radical (unpaired) electrons. The van der Waals surface area contributed by atoms with Crippen LogP contribution in [0.3, 0.4) is 0 Å². The molecule has 0 aliphatic carbocycles. The first-order valence-electron chi connectivity index (χ1n) is 5.66. The molecule has 0 aliphatic heterocycles. The van der Waals surface area contributed by atoms with E-state index >= 15 is 0 Å². The lowest BCUT2D eigenvalue weighted by atomic mass is 10.1. The van der Waals surface area contributed by atoms with Gasteiger partial charge in [-0.25, -0.2) is 9.78 Å². The quantitative estimate of drug-likeness (QED) is 0.549. The zero-order chi connectivity index (χ0) is 14.7. The minimum absolute atomic E-state index is 0.0633. The molecule has 0 spiro atoms. The number of hydrogen-bond acceptors (Lipinski definition) is 6. The fourth-order valence-corrected chi connectivity index (χ4v) is 1.74. The largest absolute Gasteiger partial charge is 0.480 e. The van der Waals surface area contributed by atoms with Crippen molar-refractivity contribution in [1.82, 2.24) is 4.98 Å². The Bertz CT molecular complexity index is 673. The van der Waals surface area contributed by atoms with Crippen molar-refractivity contribution in [3.05, 3.63) is 40.6 Å². The first-order chi connectivity index (χ1) is 9.52. The molecule has 0 bridgehead atoms. The fourth-order valence-electron chi connectivity index (χ4n) is 1.74. The summed E-state index contributed by atoms with van der Waals surface area (Å²) in [5, 5.41) is 32.3. The van der Waals surface area contributed by atoms with Crippen LogP contribution in [-0.2, 0) is 4.79 Å². The van der Waals surface area contributed by atoms with Crippen molar-refractivity contribution in [1.29, 1.82) is 0 Å². The molecular weight excluding hydrogens is 266 g/mol. The van der Waals surface area contributed by atoms with Gasteiger partial charge in [-0.3, -0.25) is 10.1 Å². The zero-order valence-electron chi connectivity index (χ0n) is 10.2. The molecule has 1 atom stereocenters. The summed E-state index contributed by atoms with van der Waals surface area (Å²) in [5.41, 5.74) is -0.0633. The van der Waals surface area contributed by atoms with E-state index in [1.54, 1.807) is 6.07 Å². The highest BCUT2D eigenvalue weighted by atomic mass is 16.6. The number of carboxylic acid groups (broad SMARTS) is 1. The van der Waals surface area contributed by atoms with Gasteiger partial charge in [-0.1, -0.05) is 0 Å². The molecule has 2 rings (SSSR count). The summed E-state index contributed by atoms with van der Waals surface area (Å²) in [5.74, 6) is -0.966. The Morgan fingerprint density at radius 1 is 1.45 bits per heavy atom. The van der Waals surface area contributed by atoms with Gasteiger partial charge < -0.3 is 15.5 Å². The number of aromatic nitrogens is 1. The molecule has 104 valence electrons. The second-order valence-electron chi connectivity index (χ2n) is 4.04. The van der Waals surface area contributed by atoms with Crippen LogP contribution >= 0.6 is 0 Å². The van der Waals surface area contributed by atoms with E-state index < -0.39 is 23.5 Å². The molecule has 1 aromatic heterocycles. The summed E-state index contributed by atoms with van der Waals surface area (Å²) in [7, 11) is 0. The molecule has 0 saturated heterocycles. The standard InChI is InChI=1S/C12H11N3O5/c16-6-10(12(17)18)14-11-9-2-1-8(15(19)20)5-7(9)3-4-13-11/h1-5,10,16H,6H2,(H,13,14)(H,17,18). The molecule has 0 amide bonds. The third kappa shape index (κ3) is 2.64. The number of pyridine rings is 1. The molecule has 1 heterocycles. The third-order valence-corrected chi connectivity index (χ3v) is 2.75. The number of hydrogen-bond donors (Lipinski definition) is 3. The van der Waals surface area contributed by atoms with Crippen LogP contribution in [0, 0.1) is 10.1 Å². The number of benzene rings is 1. The molecule has 8 heteroatoms. The van der Waals surface area contributed by atoms with E-state index in [1.165, 1.54) is 24.4 Å². The van der Waals surface area contributed by atoms with Crippen LogP contribution in [0.2, 0.25) is 0 Å². The molecule has 0 aliphatic rings. The van der Waals surface area contributed by atoms with Crippen molar-refractivity contribution in [3.8, 4) is 0 Å². The van der Waals surface area contributed by atoms with Crippen LogP contribution in [-0.4, -0.2) is 38.7 Å². The molecule has 1 unspecified atom stereocenters. The van der Waals surface area contributed by atoms with Crippen molar-refractivity contribution in [2.24, 2.45) is 0 Å². The molecule has 0 fully saturated rings. The lowest BCUT2D eigenvalue weighted by Crippen LogP contribution is -2.33. The van der Waals surface area contributed by atoms with Crippen LogP contribution in [0.1, 0.15) is 0 Å². The summed E-state index contributed by atoms with van der Waals surface area (Å²) < 4.78 is 0. The lowest BCUT2D eigenvalue weighted by molar-refractivity contribution is -0.384. The van der Waals surface area contributed by atoms with E-state index in [2.05, 4.69) is 10.3 Å². The minimum Gasteiger partial charge on any atom is -0.480 e. The fraction of sp³-hybridized carbons (Fsp3) is 0.167. The number of aliphatic hydroxyl groups is 1. The Morgan fingerprint density at radius 2 is 2.20 bits per heavy atom. The molecule has 20 heavy (non-hydrogen) atoms. The van der Waals surface area contributed by atoms with E-state index in [1.807, 2.05) is 0 Å². The van der Waals surface area contributed by atoms with Gasteiger partial charge in [0.25, 0.3) is 5.69 Å². The Hall–Kier alpha value is -2.74. The molecule has 1 aromatic carbocycles. The van der Waals surface area contributed by atoms with Gasteiger partial charge in [0.15, 0.2) is 0 Å². The van der Waals surface area contributed by atoms with Gasteiger partial charge in [-0.15, -0.1) is 0 Å². The summed E-state index contributed by atoms with van der Waals surface area (Å²) in [4.78, 5) is 25.1. The van der Waals surface area contributed by atoms with Crippen molar-refractivity contribution in [3.63, 3.8) is 0 Å². The van der Waals surface area contributed by atoms with Crippen LogP contribution < -0.4 is 5.32 Å². The predicted octanol–water partition coefficient (Wildman–Crippen LogP) is 1.00. The summed E-state index contributed by atoms with van der Waals surface area (Å²) in [6, 6.07) is 4.56. The number of fused-ring (bicyclic) bond motifs is 1. The number of carbonyl (C=O) groups is 1. The number of non-ortho nitro benzene ring substituents is 1. The normalized spacial score (nSPS) is 12.1. The number of nitro groups is 1. The topological polar surface area (TPSA) is 126 Å². The van der Waals surface area contributed by atoms with Gasteiger partial charge in [0.05, 0.1) is 11.5 Å². The maximum absolute atomic E-state index is 10.9. The molecular formula is C12H11N3O5.